The van der Waals surface area contributed by atoms with E-state index in [1.54, 1.807) is 4.90 Å². The number of fused-ring (bicyclic) bond motifs is 1. The van der Waals surface area contributed by atoms with Gasteiger partial charge in [-0.15, -0.1) is 0 Å². The van der Waals surface area contributed by atoms with Gasteiger partial charge in [0.25, 0.3) is 11.8 Å². The van der Waals surface area contributed by atoms with Gasteiger partial charge in [0.05, 0.1) is 0 Å². The van der Waals surface area contributed by atoms with Crippen LogP contribution in [0.3, 0.4) is 0 Å². The van der Waals surface area contributed by atoms with Crippen molar-refractivity contribution in [1.29, 1.82) is 0 Å². The molecule has 5 nitrogen and oxygen atoms in total. The lowest BCUT2D eigenvalue weighted by Gasteiger charge is -2.43. The predicted molar refractivity (Wildman–Crippen MR) is 116 cm³/mol. The van der Waals surface area contributed by atoms with Crippen molar-refractivity contribution < 1.29 is 14.0 Å². The number of halogens is 1. The second kappa shape index (κ2) is 8.42. The summed E-state index contributed by atoms with van der Waals surface area (Å²) < 4.78 is 13.1. The highest BCUT2D eigenvalue weighted by Crippen LogP contribution is 2.26. The van der Waals surface area contributed by atoms with Gasteiger partial charge in [-0.1, -0.05) is 12.5 Å². The number of hydrogen-bond acceptors (Lipinski definition) is 3. The number of carbonyl (C=O) groups excluding carboxylic acids is 2. The highest BCUT2D eigenvalue weighted by Gasteiger charge is 2.30. The Labute approximate surface area is 182 Å². The lowest BCUT2D eigenvalue weighted by atomic mass is 9.91. The summed E-state index contributed by atoms with van der Waals surface area (Å²) in [6.07, 6.45) is 4.67. The number of piperazine rings is 1. The minimum atomic E-state index is -0.345. The van der Waals surface area contributed by atoms with Gasteiger partial charge >= 0.3 is 0 Å². The first-order chi connectivity index (χ1) is 15.1. The maximum Gasteiger partial charge on any atom is 0.254 e. The summed E-state index contributed by atoms with van der Waals surface area (Å²) in [5.74, 6) is -0.321. The van der Waals surface area contributed by atoms with Crippen molar-refractivity contribution in [2.45, 2.75) is 38.3 Å². The molecule has 1 saturated carbocycles. The van der Waals surface area contributed by atoms with Crippen LogP contribution < -0.4 is 0 Å². The van der Waals surface area contributed by atoms with E-state index in [-0.39, 0.29) is 17.6 Å². The van der Waals surface area contributed by atoms with Gasteiger partial charge in [0.15, 0.2) is 0 Å². The molecule has 2 aliphatic heterocycles. The van der Waals surface area contributed by atoms with E-state index in [1.165, 1.54) is 43.5 Å². The maximum absolute atomic E-state index is 13.1. The molecule has 2 fully saturated rings. The average molecular weight is 422 g/mol. The van der Waals surface area contributed by atoms with E-state index in [9.17, 15) is 14.0 Å². The molecule has 0 radical (unpaired) electrons. The van der Waals surface area contributed by atoms with Crippen LogP contribution in [-0.4, -0.2) is 65.3 Å². The third-order valence-corrected chi connectivity index (χ3v) is 7.04. The summed E-state index contributed by atoms with van der Waals surface area (Å²) in [6.45, 7) is 4.66. The van der Waals surface area contributed by atoms with Crippen molar-refractivity contribution >= 4 is 11.8 Å². The zero-order valence-electron chi connectivity index (χ0n) is 17.7. The number of hydrogen-bond donors (Lipinski definition) is 0. The lowest BCUT2D eigenvalue weighted by Crippen LogP contribution is -2.53. The molecule has 1 saturated heterocycles. The van der Waals surface area contributed by atoms with E-state index >= 15 is 0 Å². The molecular weight excluding hydrogens is 393 g/mol. The summed E-state index contributed by atoms with van der Waals surface area (Å²) >= 11 is 0. The maximum atomic E-state index is 13.1. The van der Waals surface area contributed by atoms with Gasteiger partial charge in [-0.3, -0.25) is 14.5 Å². The Kier molecular flexibility index (Phi) is 5.48. The second-order valence-corrected chi connectivity index (χ2v) is 8.88. The van der Waals surface area contributed by atoms with Gasteiger partial charge in [0, 0.05) is 56.4 Å². The van der Waals surface area contributed by atoms with Gasteiger partial charge in [-0.25, -0.2) is 4.39 Å². The first-order valence-corrected chi connectivity index (χ1v) is 11.3. The Morgan fingerprint density at radius 3 is 2.13 bits per heavy atom. The molecule has 2 aromatic carbocycles. The van der Waals surface area contributed by atoms with Gasteiger partial charge in [0.1, 0.15) is 5.82 Å². The molecule has 0 spiro atoms. The fraction of sp³-hybridized carbons (Fsp3) is 0.440. The number of nitrogens with zero attached hydrogens (tertiary/aromatic N) is 3. The molecule has 3 aliphatic rings. The fourth-order valence-corrected chi connectivity index (χ4v) is 4.86. The third kappa shape index (κ3) is 4.09. The van der Waals surface area contributed by atoms with Crippen LogP contribution in [0.15, 0.2) is 42.5 Å². The number of benzene rings is 2. The molecule has 2 aromatic rings. The van der Waals surface area contributed by atoms with E-state index in [0.29, 0.717) is 18.7 Å². The van der Waals surface area contributed by atoms with Gasteiger partial charge < -0.3 is 9.80 Å². The Balaban J connectivity index is 1.23. The number of carbonyl (C=O) groups is 2. The molecule has 31 heavy (non-hydrogen) atoms. The van der Waals surface area contributed by atoms with Crippen molar-refractivity contribution in [3.05, 3.63) is 70.5 Å². The highest BCUT2D eigenvalue weighted by atomic mass is 19.1. The zero-order chi connectivity index (χ0) is 21.4. The average Bonchev–Trinajstić information content (AvgIpc) is 2.77. The molecule has 5 rings (SSSR count). The number of rotatable bonds is 3. The van der Waals surface area contributed by atoms with E-state index in [0.717, 1.165) is 55.3 Å². The minimum Gasteiger partial charge on any atom is -0.336 e. The normalized spacial score (nSPS) is 19.6. The molecule has 1 aliphatic carbocycles. The second-order valence-electron chi connectivity index (χ2n) is 8.88. The molecular formula is C25H28FN3O2. The molecule has 2 amide bonds. The summed E-state index contributed by atoms with van der Waals surface area (Å²) in [6, 6.07) is 12.3. The summed E-state index contributed by atoms with van der Waals surface area (Å²) in [7, 11) is 0. The van der Waals surface area contributed by atoms with Crippen molar-refractivity contribution in [3.8, 4) is 0 Å². The Morgan fingerprint density at radius 1 is 0.774 bits per heavy atom. The predicted octanol–water partition coefficient (Wildman–Crippen LogP) is 3.33. The minimum absolute atomic E-state index is 0.0878. The van der Waals surface area contributed by atoms with Crippen molar-refractivity contribution in [2.24, 2.45) is 0 Å². The molecule has 2 heterocycles. The molecule has 162 valence electrons. The van der Waals surface area contributed by atoms with E-state index in [2.05, 4.69) is 4.90 Å². The quantitative estimate of drug-likeness (QED) is 0.764. The largest absolute Gasteiger partial charge is 0.336 e. The summed E-state index contributed by atoms with van der Waals surface area (Å²) in [4.78, 5) is 32.1. The third-order valence-electron chi connectivity index (χ3n) is 7.04. The van der Waals surface area contributed by atoms with Crippen LogP contribution in [0.4, 0.5) is 4.39 Å². The molecule has 0 atom stereocenters. The summed E-state index contributed by atoms with van der Waals surface area (Å²) in [5, 5.41) is 0. The molecule has 0 N–H and O–H groups in total. The van der Waals surface area contributed by atoms with Crippen LogP contribution in [0, 0.1) is 5.82 Å². The zero-order valence-corrected chi connectivity index (χ0v) is 17.7. The highest BCUT2D eigenvalue weighted by molar-refractivity contribution is 5.95. The van der Waals surface area contributed by atoms with Crippen molar-refractivity contribution in [1.82, 2.24) is 14.7 Å². The van der Waals surface area contributed by atoms with Crippen LogP contribution >= 0.6 is 0 Å². The van der Waals surface area contributed by atoms with Gasteiger partial charge in [-0.2, -0.15) is 0 Å². The first kappa shape index (κ1) is 20.2. The van der Waals surface area contributed by atoms with Crippen LogP contribution in [-0.2, 0) is 13.0 Å². The lowest BCUT2D eigenvalue weighted by molar-refractivity contribution is 0.0455. The Bertz CT molecular complexity index is 979. The topological polar surface area (TPSA) is 43.9 Å². The Hall–Kier alpha value is -2.73. The first-order valence-electron chi connectivity index (χ1n) is 11.3. The standard InChI is InChI=1S/C25H28FN3O2/c26-22-8-6-18(7-9-22)24(30)29-11-10-19-16-20(4-5-21(19)17-29)25(31)28-14-12-27(13-15-28)23-2-1-3-23/h4-9,16,23H,1-3,10-15,17H2. The smallest absolute Gasteiger partial charge is 0.254 e. The van der Waals surface area contributed by atoms with Crippen LogP contribution in [0.25, 0.3) is 0 Å². The number of amides is 2. The van der Waals surface area contributed by atoms with Gasteiger partial charge in [0.2, 0.25) is 0 Å². The molecule has 0 aromatic heterocycles. The van der Waals surface area contributed by atoms with Crippen LogP contribution in [0.1, 0.15) is 51.1 Å². The van der Waals surface area contributed by atoms with Crippen LogP contribution in [0.5, 0.6) is 0 Å². The SMILES string of the molecule is O=C(c1ccc2c(c1)CCN(C(=O)c1ccc(F)cc1)C2)N1CCN(C2CCC2)CC1. The van der Waals surface area contributed by atoms with Crippen LogP contribution in [0.2, 0.25) is 0 Å². The monoisotopic (exact) mass is 421 g/mol. The molecule has 6 heteroatoms. The van der Waals surface area contributed by atoms with Crippen molar-refractivity contribution in [3.63, 3.8) is 0 Å². The Morgan fingerprint density at radius 2 is 1.45 bits per heavy atom. The summed E-state index contributed by atoms with van der Waals surface area (Å²) in [5.41, 5.74) is 3.46. The van der Waals surface area contributed by atoms with E-state index < -0.39 is 0 Å². The molecule has 0 unspecified atom stereocenters. The molecule has 0 bridgehead atoms. The van der Waals surface area contributed by atoms with E-state index in [1.807, 2.05) is 23.1 Å². The van der Waals surface area contributed by atoms with E-state index in [4.69, 9.17) is 0 Å². The fourth-order valence-electron chi connectivity index (χ4n) is 4.86. The van der Waals surface area contributed by atoms with Gasteiger partial charge in [-0.05, 0) is 66.8 Å². The van der Waals surface area contributed by atoms with Crippen molar-refractivity contribution in [2.75, 3.05) is 32.7 Å².